The minimum Gasteiger partial charge on any atom is -0.367 e. The highest BCUT2D eigenvalue weighted by Crippen LogP contribution is 2.22. The van der Waals surface area contributed by atoms with Crippen LogP contribution in [0.15, 0.2) is 18.2 Å². The molecule has 2 rings (SSSR count). The topological polar surface area (TPSA) is 67.6 Å². The molecule has 1 unspecified atom stereocenters. The summed E-state index contributed by atoms with van der Waals surface area (Å²) < 4.78 is 32.1. The second-order valence-electron chi connectivity index (χ2n) is 5.67. The van der Waals surface area contributed by atoms with Gasteiger partial charge in [0, 0.05) is 19.2 Å². The Labute approximate surface area is 122 Å². The molecule has 1 aromatic rings. The van der Waals surface area contributed by atoms with Crippen LogP contribution in [-0.4, -0.2) is 42.3 Å². The van der Waals surface area contributed by atoms with E-state index in [9.17, 15) is 13.6 Å². The van der Waals surface area contributed by atoms with Gasteiger partial charge in [-0.15, -0.1) is 0 Å². The van der Waals surface area contributed by atoms with Gasteiger partial charge < -0.3 is 20.7 Å². The molecule has 1 aliphatic heterocycles. The number of urea groups is 1. The summed E-state index contributed by atoms with van der Waals surface area (Å²) >= 11 is 0. The number of hydrogen-bond donors (Lipinski definition) is 2. The average molecular weight is 299 g/mol. The number of nitrogens with two attached hydrogens (primary N) is 1. The Kier molecular flexibility index (Phi) is 4.43. The third-order valence-corrected chi connectivity index (χ3v) is 3.20. The van der Waals surface area contributed by atoms with Crippen molar-refractivity contribution in [3.63, 3.8) is 0 Å². The highest BCUT2D eigenvalue weighted by molar-refractivity contribution is 5.89. The first-order valence-corrected chi connectivity index (χ1v) is 6.69. The molecule has 7 heteroatoms. The Morgan fingerprint density at radius 1 is 1.52 bits per heavy atom. The third kappa shape index (κ3) is 3.89. The lowest BCUT2D eigenvalue weighted by atomic mass is 10.1. The lowest BCUT2D eigenvalue weighted by Gasteiger charge is -2.42. The molecule has 3 N–H and O–H groups in total. The summed E-state index contributed by atoms with van der Waals surface area (Å²) in [5.41, 5.74) is 5.01. The van der Waals surface area contributed by atoms with E-state index < -0.39 is 23.3 Å². The van der Waals surface area contributed by atoms with E-state index in [1.54, 1.807) is 0 Å². The van der Waals surface area contributed by atoms with Crippen molar-refractivity contribution in [1.82, 2.24) is 4.90 Å². The predicted molar refractivity (Wildman–Crippen MR) is 75.0 cm³/mol. The first kappa shape index (κ1) is 15.7. The second kappa shape index (κ2) is 5.95. The molecule has 1 saturated heterocycles. The van der Waals surface area contributed by atoms with Crippen LogP contribution in [0.4, 0.5) is 19.3 Å². The molecule has 116 valence electrons. The quantitative estimate of drug-likeness (QED) is 0.877. The van der Waals surface area contributed by atoms with Crippen molar-refractivity contribution in [2.75, 3.05) is 25.0 Å². The zero-order valence-corrected chi connectivity index (χ0v) is 12.0. The van der Waals surface area contributed by atoms with Crippen LogP contribution in [0.3, 0.4) is 0 Å². The van der Waals surface area contributed by atoms with Crippen molar-refractivity contribution in [1.29, 1.82) is 0 Å². The third-order valence-electron chi connectivity index (χ3n) is 3.20. The van der Waals surface area contributed by atoms with Gasteiger partial charge in [-0.2, -0.15) is 0 Å². The number of carbonyl (C=O) groups excluding carboxylic acids is 1. The van der Waals surface area contributed by atoms with Gasteiger partial charge in [0.05, 0.1) is 23.9 Å². The van der Waals surface area contributed by atoms with E-state index >= 15 is 0 Å². The number of amides is 2. The number of ether oxygens (including phenoxy) is 1. The van der Waals surface area contributed by atoms with Crippen molar-refractivity contribution in [3.05, 3.63) is 29.8 Å². The Balaban J connectivity index is 2.08. The zero-order chi connectivity index (χ0) is 15.6. The predicted octanol–water partition coefficient (Wildman–Crippen LogP) is 1.93. The highest BCUT2D eigenvalue weighted by atomic mass is 19.1. The number of rotatable bonds is 2. The molecule has 0 spiro atoms. The van der Waals surface area contributed by atoms with Crippen molar-refractivity contribution in [3.8, 4) is 0 Å². The second-order valence-corrected chi connectivity index (χ2v) is 5.67. The zero-order valence-electron chi connectivity index (χ0n) is 12.0. The molecular weight excluding hydrogens is 280 g/mol. The maximum atomic E-state index is 13.6. The van der Waals surface area contributed by atoms with Gasteiger partial charge in [-0.3, -0.25) is 0 Å². The molecule has 1 aliphatic rings. The SMILES string of the molecule is CC1(C)CN(C(=O)Nc2ccc(F)cc2F)CC(CN)O1. The van der Waals surface area contributed by atoms with Gasteiger partial charge in [-0.1, -0.05) is 0 Å². The Morgan fingerprint density at radius 2 is 2.24 bits per heavy atom. The molecule has 1 heterocycles. The smallest absolute Gasteiger partial charge is 0.322 e. The van der Waals surface area contributed by atoms with Crippen LogP contribution in [0.2, 0.25) is 0 Å². The molecule has 1 aromatic carbocycles. The van der Waals surface area contributed by atoms with Gasteiger partial charge in [-0.05, 0) is 26.0 Å². The molecule has 0 saturated carbocycles. The Hall–Kier alpha value is -1.73. The molecule has 0 bridgehead atoms. The van der Waals surface area contributed by atoms with Gasteiger partial charge in [0.2, 0.25) is 0 Å². The number of halogens is 2. The number of benzene rings is 1. The number of carbonyl (C=O) groups is 1. The van der Waals surface area contributed by atoms with E-state index in [0.717, 1.165) is 12.1 Å². The summed E-state index contributed by atoms with van der Waals surface area (Å²) in [7, 11) is 0. The van der Waals surface area contributed by atoms with E-state index in [0.29, 0.717) is 13.1 Å². The first-order chi connectivity index (χ1) is 9.80. The fourth-order valence-corrected chi connectivity index (χ4v) is 2.36. The van der Waals surface area contributed by atoms with Crippen LogP contribution in [0.1, 0.15) is 13.8 Å². The van der Waals surface area contributed by atoms with Crippen LogP contribution >= 0.6 is 0 Å². The lowest BCUT2D eigenvalue weighted by molar-refractivity contribution is -0.119. The molecule has 21 heavy (non-hydrogen) atoms. The van der Waals surface area contributed by atoms with Gasteiger partial charge >= 0.3 is 6.03 Å². The van der Waals surface area contributed by atoms with Crippen molar-refractivity contribution in [2.45, 2.75) is 25.6 Å². The molecule has 0 aliphatic carbocycles. The molecule has 1 fully saturated rings. The maximum Gasteiger partial charge on any atom is 0.322 e. The average Bonchev–Trinajstić information content (AvgIpc) is 2.40. The number of nitrogens with one attached hydrogen (secondary N) is 1. The van der Waals surface area contributed by atoms with E-state index in [4.69, 9.17) is 10.5 Å². The Morgan fingerprint density at radius 3 is 2.86 bits per heavy atom. The van der Waals surface area contributed by atoms with Crippen molar-refractivity contribution < 1.29 is 18.3 Å². The van der Waals surface area contributed by atoms with Gasteiger partial charge in [0.1, 0.15) is 11.6 Å². The summed E-state index contributed by atoms with van der Waals surface area (Å²) in [6.07, 6.45) is -0.266. The van der Waals surface area contributed by atoms with Crippen molar-refractivity contribution in [2.24, 2.45) is 5.73 Å². The van der Waals surface area contributed by atoms with Gasteiger partial charge in [-0.25, -0.2) is 13.6 Å². The maximum absolute atomic E-state index is 13.6. The molecule has 0 radical (unpaired) electrons. The number of hydrogen-bond acceptors (Lipinski definition) is 3. The highest BCUT2D eigenvalue weighted by Gasteiger charge is 2.35. The van der Waals surface area contributed by atoms with Crippen LogP contribution in [0, 0.1) is 11.6 Å². The van der Waals surface area contributed by atoms with Crippen LogP contribution in [-0.2, 0) is 4.74 Å². The summed E-state index contributed by atoms with van der Waals surface area (Å²) in [5, 5.41) is 2.44. The number of morpholine rings is 1. The molecule has 1 atom stereocenters. The van der Waals surface area contributed by atoms with Crippen LogP contribution < -0.4 is 11.1 Å². The van der Waals surface area contributed by atoms with Crippen molar-refractivity contribution >= 4 is 11.7 Å². The number of nitrogens with zero attached hydrogens (tertiary/aromatic N) is 1. The molecule has 5 nitrogen and oxygen atoms in total. The summed E-state index contributed by atoms with van der Waals surface area (Å²) in [5.74, 6) is -1.51. The number of anilines is 1. The van der Waals surface area contributed by atoms with Crippen LogP contribution in [0.5, 0.6) is 0 Å². The van der Waals surface area contributed by atoms with E-state index in [-0.39, 0.29) is 18.3 Å². The van der Waals surface area contributed by atoms with E-state index in [2.05, 4.69) is 5.32 Å². The molecular formula is C14H19F2N3O2. The minimum atomic E-state index is -0.814. The standard InChI is InChI=1S/C14H19F2N3O2/c1-14(2)8-19(7-10(6-17)21-14)13(20)18-12-4-3-9(15)5-11(12)16/h3-5,10H,6-8,17H2,1-2H3,(H,18,20). The fraction of sp³-hybridized carbons (Fsp3) is 0.500. The fourth-order valence-electron chi connectivity index (χ4n) is 2.36. The van der Waals surface area contributed by atoms with Gasteiger partial charge in [0.25, 0.3) is 0 Å². The Bertz CT molecular complexity index is 537. The lowest BCUT2D eigenvalue weighted by Crippen LogP contribution is -2.57. The van der Waals surface area contributed by atoms with E-state index in [1.807, 2.05) is 13.8 Å². The first-order valence-electron chi connectivity index (χ1n) is 6.69. The molecule has 2 amide bonds. The van der Waals surface area contributed by atoms with E-state index in [1.165, 1.54) is 11.0 Å². The van der Waals surface area contributed by atoms with Crippen LogP contribution in [0.25, 0.3) is 0 Å². The largest absolute Gasteiger partial charge is 0.367 e. The molecule has 0 aromatic heterocycles. The normalized spacial score (nSPS) is 21.2. The monoisotopic (exact) mass is 299 g/mol. The van der Waals surface area contributed by atoms with Gasteiger partial charge in [0.15, 0.2) is 0 Å². The minimum absolute atomic E-state index is 0.0602. The summed E-state index contributed by atoms with van der Waals surface area (Å²) in [4.78, 5) is 13.7. The summed E-state index contributed by atoms with van der Waals surface area (Å²) in [6.45, 7) is 4.69. The summed E-state index contributed by atoms with van der Waals surface area (Å²) in [6, 6.07) is 2.54.